The smallest absolute Gasteiger partial charge is 0.266 e. The van der Waals surface area contributed by atoms with E-state index in [-0.39, 0.29) is 84.9 Å². The molecule has 0 aliphatic carbocycles. The summed E-state index contributed by atoms with van der Waals surface area (Å²) in [5.74, 6) is -3.13. The summed E-state index contributed by atoms with van der Waals surface area (Å²) in [6.45, 7) is 4.22. The highest BCUT2D eigenvalue weighted by molar-refractivity contribution is 6.40. The molecule has 0 saturated heterocycles. The lowest BCUT2D eigenvalue weighted by atomic mass is 9.78. The third-order valence-electron chi connectivity index (χ3n) is 22.4. The first-order valence-corrected chi connectivity index (χ1v) is 38.3. The molecule has 0 N–H and O–H groups in total. The predicted molar refractivity (Wildman–Crippen MR) is 447 cm³/mol. The van der Waals surface area contributed by atoms with E-state index in [0.29, 0.717) is 96.1 Å². The van der Waals surface area contributed by atoms with Crippen molar-refractivity contribution in [2.24, 2.45) is 0 Å². The van der Waals surface area contributed by atoms with Crippen LogP contribution in [0.5, 0.6) is 46.0 Å². The van der Waals surface area contributed by atoms with Crippen molar-refractivity contribution in [3.05, 3.63) is 393 Å². The van der Waals surface area contributed by atoms with E-state index in [2.05, 4.69) is 13.8 Å². The highest BCUT2D eigenvalue weighted by Crippen LogP contribution is 2.45. The van der Waals surface area contributed by atoms with Crippen LogP contribution in [0.15, 0.2) is 315 Å². The number of imide groups is 6. The molecule has 0 fully saturated rings. The topological polar surface area (TPSA) is 261 Å². The molecule has 0 spiro atoms. The van der Waals surface area contributed by atoms with Crippen LogP contribution < -0.4 is 48.3 Å². The molecule has 121 heavy (non-hydrogen) atoms. The van der Waals surface area contributed by atoms with E-state index in [9.17, 15) is 57.5 Å². The average Bonchev–Trinajstić information content (AvgIpc) is 1.59. The van der Waals surface area contributed by atoms with Crippen molar-refractivity contribution in [2.75, 3.05) is 29.4 Å². The van der Waals surface area contributed by atoms with Crippen LogP contribution in [0.4, 0.5) is 34.1 Å². The molecule has 580 valence electrons. The molecule has 14 aromatic rings. The van der Waals surface area contributed by atoms with Gasteiger partial charge in [0.15, 0.2) is 0 Å². The highest BCUT2D eigenvalue weighted by Gasteiger charge is 2.45. The molecule has 0 unspecified atom stereocenters. The van der Waals surface area contributed by atoms with Crippen LogP contribution in [0.2, 0.25) is 0 Å². The van der Waals surface area contributed by atoms with Crippen molar-refractivity contribution in [2.45, 2.75) is 19.3 Å². The Hall–Kier alpha value is -16.9. The molecular weight excluding hydrogens is 1530 g/mol. The molecule has 20 rings (SSSR count). The molecule has 0 saturated carbocycles. The molecular formula is C99H58N6O16. The Kier molecular flexibility index (Phi) is 17.1. The maximum atomic E-state index is 14.6. The number of hydrogen-bond acceptors (Lipinski definition) is 16. The first-order valence-electron chi connectivity index (χ1n) is 38.3. The Morgan fingerprint density at radius 2 is 0.413 bits per heavy atom. The number of carbonyl (C=O) groups is 12. The van der Waals surface area contributed by atoms with Crippen molar-refractivity contribution in [1.29, 1.82) is 0 Å². The molecule has 6 heterocycles. The highest BCUT2D eigenvalue weighted by atomic mass is 16.5. The van der Waals surface area contributed by atoms with Crippen LogP contribution >= 0.6 is 0 Å². The van der Waals surface area contributed by atoms with Gasteiger partial charge in [0.2, 0.25) is 0 Å². The zero-order valence-corrected chi connectivity index (χ0v) is 63.7. The lowest BCUT2D eigenvalue weighted by Gasteiger charge is -2.26. The van der Waals surface area contributed by atoms with Gasteiger partial charge in [-0.05, 0) is 240 Å². The molecule has 22 heteroatoms. The quantitative estimate of drug-likeness (QED) is 0.0723. The van der Waals surface area contributed by atoms with Gasteiger partial charge in [-0.25, -0.2) is 29.4 Å². The number of carbonyl (C=O) groups excluding carboxylic acids is 12. The molecule has 22 nitrogen and oxygen atoms in total. The second-order valence-electron chi connectivity index (χ2n) is 29.8. The Bertz CT molecular complexity index is 6890. The average molecular weight is 1590 g/mol. The lowest BCUT2D eigenvalue weighted by molar-refractivity contribution is 0.0910. The third-order valence-corrected chi connectivity index (χ3v) is 22.4. The van der Waals surface area contributed by atoms with Crippen LogP contribution in [-0.2, 0) is 5.41 Å². The van der Waals surface area contributed by atoms with Gasteiger partial charge in [-0.3, -0.25) is 57.5 Å². The van der Waals surface area contributed by atoms with Gasteiger partial charge >= 0.3 is 0 Å². The number of fused-ring (bicyclic) bond motifs is 6. The second-order valence-corrected chi connectivity index (χ2v) is 29.8. The standard InChI is InChI=1S/C99H58N6O16/c1-99(2,57-25-37-65(38-26-57)118-67-41-29-59(30-42-67)100-87(106)75-15-3-4-16-76(75)88(100)107)58-27-39-66(40-28-58)119-68-43-35-62(36-44-68)103-93(112)81-21-9-19-73(85(81)97(103)116)55-23-49-79-83(51-55)95(114)101(91(79)110)61-33-47-70(48-34-61)121-72-14-8-12-64(54-72)105-94(113)82-22-10-20-74(86(82)98(105)117)56-24-50-80-84(52-56)96(115)102(92(80)111)60-31-45-69(46-32-60)120-71-13-7-11-63(53-71)104-89(108)77-17-5-6-18-78(77)90(104)109/h3-54H,1-2H3. The van der Waals surface area contributed by atoms with Gasteiger partial charge < -0.3 is 18.9 Å². The number of rotatable bonds is 18. The number of hydrogen-bond donors (Lipinski definition) is 0. The summed E-state index contributed by atoms with van der Waals surface area (Å²) >= 11 is 0. The van der Waals surface area contributed by atoms with Crippen LogP contribution in [0.1, 0.15) is 149 Å². The Morgan fingerprint density at radius 1 is 0.182 bits per heavy atom. The summed E-state index contributed by atoms with van der Waals surface area (Å²) in [5, 5.41) is 0. The minimum absolute atomic E-state index is 0.0779. The van der Waals surface area contributed by atoms with Gasteiger partial charge in [0.25, 0.3) is 70.9 Å². The van der Waals surface area contributed by atoms with Crippen molar-refractivity contribution in [1.82, 2.24) is 0 Å². The van der Waals surface area contributed by atoms with E-state index < -0.39 is 64.5 Å². The van der Waals surface area contributed by atoms with Crippen LogP contribution in [0, 0.1) is 0 Å². The lowest BCUT2D eigenvalue weighted by Crippen LogP contribution is -2.29. The molecule has 0 bridgehead atoms. The zero-order valence-electron chi connectivity index (χ0n) is 63.7. The molecule has 14 aromatic carbocycles. The fourth-order valence-corrected chi connectivity index (χ4v) is 16.3. The number of benzene rings is 14. The van der Waals surface area contributed by atoms with Gasteiger partial charge in [0.1, 0.15) is 46.0 Å². The van der Waals surface area contributed by atoms with E-state index in [1.165, 1.54) is 48.5 Å². The van der Waals surface area contributed by atoms with E-state index in [4.69, 9.17) is 18.9 Å². The first kappa shape index (κ1) is 73.0. The number of ether oxygens (including phenoxy) is 4. The van der Waals surface area contributed by atoms with Crippen LogP contribution in [-0.4, -0.2) is 70.9 Å². The van der Waals surface area contributed by atoms with Crippen molar-refractivity contribution < 1.29 is 76.5 Å². The molecule has 6 aliphatic rings. The molecule has 12 amide bonds. The van der Waals surface area contributed by atoms with Crippen molar-refractivity contribution in [3.63, 3.8) is 0 Å². The molecule has 0 aromatic heterocycles. The SMILES string of the molecule is CC(C)(c1ccc(Oc2ccc(N3C(=O)c4ccccc4C3=O)cc2)cc1)c1ccc(Oc2ccc(N3C(=O)c4cccc(-c5ccc6c(c5)C(=O)N(c5ccc(Oc7cccc(N8C(=O)c9cccc(-c%10ccc%11c(c%10)C(=O)N(c%10ccc(Oc%12cccc(N%13C(=O)c%14ccccc%14C%13=O)c%12)cc%10)C%11=O)c9C8=O)c7)cc5)C6=O)c4C3=O)cc2)cc1. The fraction of sp³-hybridized carbons (Fsp3) is 0.0303. The summed E-state index contributed by atoms with van der Waals surface area (Å²) in [7, 11) is 0. The Morgan fingerprint density at radius 3 is 0.736 bits per heavy atom. The maximum Gasteiger partial charge on any atom is 0.266 e. The largest absolute Gasteiger partial charge is 0.457 e. The summed E-state index contributed by atoms with van der Waals surface area (Å²) in [4.78, 5) is 173. The van der Waals surface area contributed by atoms with Gasteiger partial charge in [0.05, 0.1) is 101 Å². The fourth-order valence-electron chi connectivity index (χ4n) is 16.3. The van der Waals surface area contributed by atoms with Gasteiger partial charge in [0, 0.05) is 17.5 Å². The van der Waals surface area contributed by atoms with Gasteiger partial charge in [-0.1, -0.05) is 111 Å². The zero-order chi connectivity index (χ0) is 83.0. The summed E-state index contributed by atoms with van der Waals surface area (Å²) in [6, 6.07) is 86.5. The van der Waals surface area contributed by atoms with Crippen molar-refractivity contribution >= 4 is 105 Å². The van der Waals surface area contributed by atoms with E-state index in [1.54, 1.807) is 218 Å². The van der Waals surface area contributed by atoms with E-state index in [1.807, 2.05) is 48.5 Å². The molecule has 0 atom stereocenters. The number of nitrogens with zero attached hydrogens (tertiary/aromatic N) is 6. The Balaban J connectivity index is 0.458. The summed E-state index contributed by atoms with van der Waals surface area (Å²) < 4.78 is 24.7. The number of amides is 12. The van der Waals surface area contributed by atoms with Crippen LogP contribution in [0.3, 0.4) is 0 Å². The number of anilines is 6. The second kappa shape index (κ2) is 28.2. The minimum atomic E-state index is -0.647. The first-order chi connectivity index (χ1) is 58.7. The van der Waals surface area contributed by atoms with Crippen molar-refractivity contribution in [3.8, 4) is 68.2 Å². The summed E-state index contributed by atoms with van der Waals surface area (Å²) in [5.41, 5.74) is 7.12. The van der Waals surface area contributed by atoms with Gasteiger partial charge in [-0.2, -0.15) is 0 Å². The normalized spacial score (nSPS) is 14.5. The summed E-state index contributed by atoms with van der Waals surface area (Å²) in [6.07, 6.45) is 0. The monoisotopic (exact) mass is 1590 g/mol. The molecule has 6 aliphatic heterocycles. The van der Waals surface area contributed by atoms with Gasteiger partial charge in [-0.15, -0.1) is 0 Å². The van der Waals surface area contributed by atoms with Crippen LogP contribution in [0.25, 0.3) is 22.3 Å². The molecule has 0 radical (unpaired) electrons. The van der Waals surface area contributed by atoms with E-state index in [0.717, 1.165) is 40.5 Å². The third kappa shape index (κ3) is 12.1. The Labute approximate surface area is 688 Å². The predicted octanol–water partition coefficient (Wildman–Crippen LogP) is 19.3. The minimum Gasteiger partial charge on any atom is -0.457 e. The van der Waals surface area contributed by atoms with E-state index >= 15 is 0 Å². The maximum absolute atomic E-state index is 14.6.